The van der Waals surface area contributed by atoms with Gasteiger partial charge in [-0.3, -0.25) is 4.90 Å². The van der Waals surface area contributed by atoms with Crippen molar-refractivity contribution >= 4 is 0 Å². The fraction of sp³-hybridized carbons (Fsp3) is 0.400. The van der Waals surface area contributed by atoms with Crippen molar-refractivity contribution in [3.63, 3.8) is 0 Å². The second-order valence-electron chi connectivity index (χ2n) is 4.96. The smallest absolute Gasteiger partial charge is 0.0769 e. The minimum absolute atomic E-state index is 0.673. The Hall–Kier alpha value is -1.65. The Balaban J connectivity index is 1.70. The first-order chi connectivity index (χ1) is 9.36. The van der Waals surface area contributed by atoms with Gasteiger partial charge < -0.3 is 5.32 Å². The first-order valence-electron chi connectivity index (χ1n) is 6.91. The summed E-state index contributed by atoms with van der Waals surface area (Å²) >= 11 is 0. The molecule has 0 aliphatic carbocycles. The van der Waals surface area contributed by atoms with Crippen molar-refractivity contribution < 1.29 is 0 Å². The molecule has 0 unspecified atom stereocenters. The molecule has 4 heteroatoms. The molecule has 1 saturated heterocycles. The average molecular weight is 256 g/mol. The normalized spacial score (nSPS) is 15.7. The average Bonchev–Trinajstić information content (AvgIpc) is 2.85. The van der Waals surface area contributed by atoms with Gasteiger partial charge in [0.1, 0.15) is 0 Å². The zero-order chi connectivity index (χ0) is 13.1. The summed E-state index contributed by atoms with van der Waals surface area (Å²) in [6.45, 7) is 6.43. The van der Waals surface area contributed by atoms with E-state index in [9.17, 15) is 0 Å². The van der Waals surface area contributed by atoms with Gasteiger partial charge in [0.25, 0.3) is 0 Å². The first-order valence-corrected chi connectivity index (χ1v) is 6.91. The Morgan fingerprint density at radius 2 is 2.05 bits per heavy atom. The summed E-state index contributed by atoms with van der Waals surface area (Å²) in [5.41, 5.74) is 2.25. The predicted molar refractivity (Wildman–Crippen MR) is 76.3 cm³/mol. The number of rotatable bonds is 5. The molecule has 1 aliphatic heterocycles. The molecule has 2 heterocycles. The second-order valence-corrected chi connectivity index (χ2v) is 4.96. The number of nitrogens with one attached hydrogen (secondary N) is 1. The van der Waals surface area contributed by atoms with Crippen molar-refractivity contribution in [3.8, 4) is 5.69 Å². The number of para-hydroxylation sites is 1. The molecular formula is C15H20N4. The monoisotopic (exact) mass is 256 g/mol. The van der Waals surface area contributed by atoms with Crippen molar-refractivity contribution in [2.75, 3.05) is 19.6 Å². The molecule has 0 atom stereocenters. The van der Waals surface area contributed by atoms with Gasteiger partial charge in [-0.2, -0.15) is 5.10 Å². The van der Waals surface area contributed by atoms with Crippen molar-refractivity contribution in [2.24, 2.45) is 0 Å². The van der Waals surface area contributed by atoms with Gasteiger partial charge in [0.2, 0.25) is 0 Å². The standard InChI is InChI=1S/C15H20N4/c1-2-18(15-10-16-11-15)12-13-8-9-19(17-13)14-6-4-3-5-7-14/h3-9,15-16H,2,10-12H2,1H3. The largest absolute Gasteiger partial charge is 0.314 e. The highest BCUT2D eigenvalue weighted by atomic mass is 15.3. The highest BCUT2D eigenvalue weighted by Crippen LogP contribution is 2.12. The molecule has 1 aromatic heterocycles. The van der Waals surface area contributed by atoms with Gasteiger partial charge in [-0.1, -0.05) is 25.1 Å². The number of benzene rings is 1. The molecule has 0 radical (unpaired) electrons. The Morgan fingerprint density at radius 1 is 1.26 bits per heavy atom. The third kappa shape index (κ3) is 2.69. The molecule has 1 fully saturated rings. The van der Waals surface area contributed by atoms with E-state index in [1.165, 1.54) is 0 Å². The fourth-order valence-electron chi connectivity index (χ4n) is 2.41. The van der Waals surface area contributed by atoms with Crippen molar-refractivity contribution in [1.29, 1.82) is 0 Å². The quantitative estimate of drug-likeness (QED) is 0.883. The van der Waals surface area contributed by atoms with Gasteiger partial charge in [-0.25, -0.2) is 4.68 Å². The summed E-state index contributed by atoms with van der Waals surface area (Å²) in [6, 6.07) is 13.0. The van der Waals surface area contributed by atoms with Gasteiger partial charge in [0.15, 0.2) is 0 Å². The Morgan fingerprint density at radius 3 is 2.68 bits per heavy atom. The van der Waals surface area contributed by atoms with Crippen molar-refractivity contribution in [3.05, 3.63) is 48.3 Å². The van der Waals surface area contributed by atoms with E-state index in [0.717, 1.165) is 37.6 Å². The summed E-state index contributed by atoms with van der Waals surface area (Å²) < 4.78 is 1.95. The van der Waals surface area contributed by atoms with Crippen LogP contribution in [0.15, 0.2) is 42.6 Å². The van der Waals surface area contributed by atoms with E-state index in [1.807, 2.05) is 29.1 Å². The summed E-state index contributed by atoms with van der Waals surface area (Å²) in [5, 5.41) is 7.99. The van der Waals surface area contributed by atoms with E-state index in [4.69, 9.17) is 0 Å². The molecule has 1 N–H and O–H groups in total. The molecule has 0 bridgehead atoms. The maximum Gasteiger partial charge on any atom is 0.0769 e. The number of nitrogens with zero attached hydrogens (tertiary/aromatic N) is 3. The zero-order valence-corrected chi connectivity index (χ0v) is 11.3. The topological polar surface area (TPSA) is 33.1 Å². The van der Waals surface area contributed by atoms with Crippen LogP contribution in [0.5, 0.6) is 0 Å². The lowest BCUT2D eigenvalue weighted by molar-refractivity contribution is 0.143. The highest BCUT2D eigenvalue weighted by Gasteiger charge is 2.23. The Bertz CT molecular complexity index is 516. The summed E-state index contributed by atoms with van der Waals surface area (Å²) in [4.78, 5) is 2.48. The summed E-state index contributed by atoms with van der Waals surface area (Å²) in [6.07, 6.45) is 2.04. The van der Waals surface area contributed by atoms with E-state index in [1.54, 1.807) is 0 Å². The minimum Gasteiger partial charge on any atom is -0.314 e. The molecular weight excluding hydrogens is 236 g/mol. The minimum atomic E-state index is 0.673. The van der Waals surface area contributed by atoms with E-state index in [-0.39, 0.29) is 0 Å². The zero-order valence-electron chi connectivity index (χ0n) is 11.3. The molecule has 19 heavy (non-hydrogen) atoms. The maximum atomic E-state index is 4.66. The molecule has 4 nitrogen and oxygen atoms in total. The third-order valence-corrected chi connectivity index (χ3v) is 3.71. The van der Waals surface area contributed by atoms with E-state index >= 15 is 0 Å². The van der Waals surface area contributed by atoms with Crippen molar-refractivity contribution in [1.82, 2.24) is 20.0 Å². The molecule has 1 aromatic carbocycles. The van der Waals surface area contributed by atoms with Crippen LogP contribution in [0.2, 0.25) is 0 Å². The molecule has 1 aliphatic rings. The van der Waals surface area contributed by atoms with E-state index in [2.05, 4.69) is 40.4 Å². The number of hydrogen-bond donors (Lipinski definition) is 1. The lowest BCUT2D eigenvalue weighted by Crippen LogP contribution is -2.56. The Kier molecular flexibility index (Phi) is 3.62. The van der Waals surface area contributed by atoms with Gasteiger partial charge in [-0.15, -0.1) is 0 Å². The second kappa shape index (κ2) is 5.55. The van der Waals surface area contributed by atoms with Gasteiger partial charge >= 0.3 is 0 Å². The van der Waals surface area contributed by atoms with Crippen LogP contribution >= 0.6 is 0 Å². The summed E-state index contributed by atoms with van der Waals surface area (Å²) in [7, 11) is 0. The van der Waals surface area contributed by atoms with Gasteiger partial charge in [0.05, 0.1) is 11.4 Å². The number of hydrogen-bond acceptors (Lipinski definition) is 3. The fourth-order valence-corrected chi connectivity index (χ4v) is 2.41. The van der Waals surface area contributed by atoms with Crippen LogP contribution in [-0.4, -0.2) is 40.4 Å². The molecule has 3 rings (SSSR count). The van der Waals surface area contributed by atoms with Gasteiger partial charge in [0, 0.05) is 31.9 Å². The maximum absolute atomic E-state index is 4.66. The van der Waals surface area contributed by atoms with Gasteiger partial charge in [-0.05, 0) is 24.7 Å². The van der Waals surface area contributed by atoms with E-state index < -0.39 is 0 Å². The predicted octanol–water partition coefficient (Wildman–Crippen LogP) is 1.67. The molecule has 100 valence electrons. The summed E-state index contributed by atoms with van der Waals surface area (Å²) in [5.74, 6) is 0. The van der Waals surface area contributed by atoms with Crippen molar-refractivity contribution in [2.45, 2.75) is 19.5 Å². The third-order valence-electron chi connectivity index (χ3n) is 3.71. The van der Waals surface area contributed by atoms with Crippen LogP contribution in [0.1, 0.15) is 12.6 Å². The Labute approximate surface area is 114 Å². The van der Waals surface area contributed by atoms with Crippen LogP contribution in [0, 0.1) is 0 Å². The number of aromatic nitrogens is 2. The lowest BCUT2D eigenvalue weighted by Gasteiger charge is -2.37. The highest BCUT2D eigenvalue weighted by molar-refractivity contribution is 5.30. The van der Waals surface area contributed by atoms with Crippen LogP contribution in [0.4, 0.5) is 0 Å². The lowest BCUT2D eigenvalue weighted by atomic mass is 10.1. The van der Waals surface area contributed by atoms with E-state index in [0.29, 0.717) is 6.04 Å². The molecule has 0 spiro atoms. The van der Waals surface area contributed by atoms with Crippen LogP contribution in [0.25, 0.3) is 5.69 Å². The van der Waals surface area contributed by atoms with Crippen LogP contribution in [-0.2, 0) is 6.54 Å². The molecule has 0 amide bonds. The van der Waals surface area contributed by atoms with Crippen LogP contribution < -0.4 is 5.32 Å². The number of likely N-dealkylation sites (N-methyl/N-ethyl adjacent to an activating group) is 1. The SMILES string of the molecule is CCN(Cc1ccn(-c2ccccc2)n1)C1CNC1. The molecule has 2 aromatic rings. The molecule has 0 saturated carbocycles. The first kappa shape index (κ1) is 12.4. The van der Waals surface area contributed by atoms with Crippen LogP contribution in [0.3, 0.4) is 0 Å².